The minimum atomic E-state index is -0.0202. The van der Waals surface area contributed by atoms with Crippen molar-refractivity contribution in [1.82, 2.24) is 29.5 Å². The summed E-state index contributed by atoms with van der Waals surface area (Å²) in [6, 6.07) is 0. The third-order valence-corrected chi connectivity index (χ3v) is 3.60. The molecule has 0 unspecified atom stereocenters. The SMILES string of the molecule is Cn1cnc(N(O)O)c1Sc1ncnc2nc[nH]c12. The summed E-state index contributed by atoms with van der Waals surface area (Å²) >= 11 is 1.23. The van der Waals surface area contributed by atoms with E-state index in [9.17, 15) is 0 Å². The van der Waals surface area contributed by atoms with Gasteiger partial charge in [-0.2, -0.15) is 0 Å². The number of hydrogen-bond donors (Lipinski definition) is 3. The van der Waals surface area contributed by atoms with Crippen LogP contribution in [0.4, 0.5) is 5.82 Å². The van der Waals surface area contributed by atoms with Gasteiger partial charge in [0.1, 0.15) is 21.9 Å². The van der Waals surface area contributed by atoms with E-state index in [0.717, 1.165) is 0 Å². The summed E-state index contributed by atoms with van der Waals surface area (Å²) < 4.78 is 1.66. The summed E-state index contributed by atoms with van der Waals surface area (Å²) in [5, 5.41) is 19.4. The van der Waals surface area contributed by atoms with Crippen molar-refractivity contribution < 1.29 is 10.4 Å². The van der Waals surface area contributed by atoms with Crippen LogP contribution in [0, 0.1) is 0 Å². The second kappa shape index (κ2) is 4.50. The number of imidazole rings is 2. The van der Waals surface area contributed by atoms with E-state index in [0.29, 0.717) is 21.2 Å². The Balaban J connectivity index is 2.06. The van der Waals surface area contributed by atoms with Gasteiger partial charge in [-0.3, -0.25) is 10.4 Å². The summed E-state index contributed by atoms with van der Waals surface area (Å²) in [6.45, 7) is 0. The van der Waals surface area contributed by atoms with Gasteiger partial charge in [-0.15, -0.1) is 5.23 Å². The molecule has 0 aromatic carbocycles. The third-order valence-electron chi connectivity index (χ3n) is 2.44. The van der Waals surface area contributed by atoms with Crippen LogP contribution in [-0.2, 0) is 7.05 Å². The quantitative estimate of drug-likeness (QED) is 0.476. The fourth-order valence-corrected chi connectivity index (χ4v) is 2.53. The molecule has 0 saturated heterocycles. The Morgan fingerprint density at radius 1 is 1.26 bits per heavy atom. The van der Waals surface area contributed by atoms with Crippen LogP contribution in [0.15, 0.2) is 29.0 Å². The lowest BCUT2D eigenvalue weighted by molar-refractivity contribution is 0.0253. The van der Waals surface area contributed by atoms with Crippen LogP contribution >= 0.6 is 11.8 Å². The Hall–Kier alpha value is -2.17. The maximum absolute atomic E-state index is 9.12. The van der Waals surface area contributed by atoms with E-state index >= 15 is 0 Å². The molecule has 9 nitrogen and oxygen atoms in total. The number of fused-ring (bicyclic) bond motifs is 1. The molecule has 3 aromatic heterocycles. The summed E-state index contributed by atoms with van der Waals surface area (Å²) in [4.78, 5) is 19.0. The highest BCUT2D eigenvalue weighted by Gasteiger charge is 2.17. The summed E-state index contributed by atoms with van der Waals surface area (Å²) in [5.74, 6) is 0.0266. The van der Waals surface area contributed by atoms with Crippen LogP contribution in [-0.4, -0.2) is 39.9 Å². The Labute approximate surface area is 110 Å². The molecule has 19 heavy (non-hydrogen) atoms. The molecule has 0 atom stereocenters. The normalized spacial score (nSPS) is 11.1. The molecule has 0 fully saturated rings. The highest BCUT2D eigenvalue weighted by atomic mass is 32.2. The molecule has 3 aromatic rings. The van der Waals surface area contributed by atoms with Crippen LogP contribution < -0.4 is 5.23 Å². The topological polar surface area (TPSA) is 116 Å². The Kier molecular flexibility index (Phi) is 2.81. The van der Waals surface area contributed by atoms with Crippen molar-refractivity contribution in [1.29, 1.82) is 0 Å². The van der Waals surface area contributed by atoms with E-state index in [1.165, 1.54) is 30.7 Å². The van der Waals surface area contributed by atoms with Gasteiger partial charge in [-0.1, -0.05) is 0 Å². The van der Waals surface area contributed by atoms with E-state index in [1.54, 1.807) is 11.6 Å². The van der Waals surface area contributed by atoms with E-state index in [-0.39, 0.29) is 11.0 Å². The number of rotatable bonds is 3. The molecule has 3 heterocycles. The molecule has 0 bridgehead atoms. The van der Waals surface area contributed by atoms with Crippen molar-refractivity contribution in [2.45, 2.75) is 10.1 Å². The zero-order chi connectivity index (χ0) is 13.4. The van der Waals surface area contributed by atoms with Crippen LogP contribution in [0.5, 0.6) is 0 Å². The molecule has 3 N–H and O–H groups in total. The van der Waals surface area contributed by atoms with Crippen molar-refractivity contribution in [2.24, 2.45) is 7.05 Å². The molecular formula is C9H9N7O2S. The van der Waals surface area contributed by atoms with Gasteiger partial charge in [0.05, 0.1) is 12.7 Å². The van der Waals surface area contributed by atoms with Crippen LogP contribution in [0.2, 0.25) is 0 Å². The lowest BCUT2D eigenvalue weighted by Gasteiger charge is -2.08. The highest BCUT2D eigenvalue weighted by Crippen LogP contribution is 2.34. The first-order valence-corrected chi connectivity index (χ1v) is 5.99. The molecule has 98 valence electrons. The van der Waals surface area contributed by atoms with Crippen LogP contribution in [0.3, 0.4) is 0 Å². The zero-order valence-corrected chi connectivity index (χ0v) is 10.5. The fourth-order valence-electron chi connectivity index (χ4n) is 1.57. The van der Waals surface area contributed by atoms with Crippen molar-refractivity contribution in [3.63, 3.8) is 0 Å². The average Bonchev–Trinajstić information content (AvgIpc) is 2.97. The van der Waals surface area contributed by atoms with Gasteiger partial charge in [0, 0.05) is 7.05 Å². The molecule has 0 aliphatic rings. The Morgan fingerprint density at radius 2 is 2.11 bits per heavy atom. The molecule has 0 aliphatic heterocycles. The second-order valence-electron chi connectivity index (χ2n) is 3.66. The highest BCUT2D eigenvalue weighted by molar-refractivity contribution is 7.99. The van der Waals surface area contributed by atoms with Gasteiger partial charge in [0.25, 0.3) is 0 Å². The molecule has 3 rings (SSSR count). The first-order valence-electron chi connectivity index (χ1n) is 5.18. The molecule has 10 heteroatoms. The zero-order valence-electron chi connectivity index (χ0n) is 9.72. The lowest BCUT2D eigenvalue weighted by Crippen LogP contribution is -2.12. The molecule has 0 saturated carbocycles. The van der Waals surface area contributed by atoms with Gasteiger partial charge in [-0.25, -0.2) is 19.9 Å². The number of H-pyrrole nitrogens is 1. The lowest BCUT2D eigenvalue weighted by atomic mass is 10.6. The maximum atomic E-state index is 9.12. The van der Waals surface area contributed by atoms with Crippen molar-refractivity contribution in [2.75, 3.05) is 5.23 Å². The minimum Gasteiger partial charge on any atom is -0.341 e. The minimum absolute atomic E-state index is 0.0202. The molecule has 0 radical (unpaired) electrons. The van der Waals surface area contributed by atoms with Gasteiger partial charge in [0.2, 0.25) is 5.82 Å². The van der Waals surface area contributed by atoms with E-state index in [4.69, 9.17) is 10.4 Å². The summed E-state index contributed by atoms with van der Waals surface area (Å²) in [5.41, 5.74) is 1.23. The number of aryl methyl sites for hydroxylation is 1. The number of nitrogens with zero attached hydrogens (tertiary/aromatic N) is 6. The number of hydrogen-bond acceptors (Lipinski definition) is 8. The van der Waals surface area contributed by atoms with Crippen molar-refractivity contribution in [3.8, 4) is 0 Å². The fraction of sp³-hybridized carbons (Fsp3) is 0.111. The van der Waals surface area contributed by atoms with E-state index in [2.05, 4.69) is 24.9 Å². The van der Waals surface area contributed by atoms with Crippen LogP contribution in [0.25, 0.3) is 11.2 Å². The largest absolute Gasteiger partial charge is 0.341 e. The third kappa shape index (κ3) is 2.01. The standard InChI is InChI=1S/C9H9N7O2S/c1-15-4-14-7(16(17)18)9(15)19-8-5-6(11-2-10-5)12-3-13-8/h2-4,17-18H,1H3,(H,10,11,12,13). The molecule has 0 amide bonds. The van der Waals surface area contributed by atoms with Gasteiger partial charge in [-0.05, 0) is 11.8 Å². The predicted octanol–water partition coefficient (Wildman–Crippen LogP) is 0.822. The van der Waals surface area contributed by atoms with E-state index in [1.807, 2.05) is 0 Å². The van der Waals surface area contributed by atoms with E-state index < -0.39 is 0 Å². The van der Waals surface area contributed by atoms with Gasteiger partial charge >= 0.3 is 0 Å². The smallest absolute Gasteiger partial charge is 0.215 e. The first-order chi connectivity index (χ1) is 9.16. The molecule has 0 aliphatic carbocycles. The summed E-state index contributed by atoms with van der Waals surface area (Å²) in [6.07, 6.45) is 4.40. The number of anilines is 1. The van der Waals surface area contributed by atoms with Gasteiger partial charge < -0.3 is 9.55 Å². The molecular weight excluding hydrogens is 270 g/mol. The Bertz CT molecular complexity index is 722. The van der Waals surface area contributed by atoms with Crippen molar-refractivity contribution in [3.05, 3.63) is 19.0 Å². The second-order valence-corrected chi connectivity index (χ2v) is 4.63. The maximum Gasteiger partial charge on any atom is 0.215 e. The number of aromatic nitrogens is 6. The predicted molar refractivity (Wildman–Crippen MR) is 65.1 cm³/mol. The molecule has 0 spiro atoms. The van der Waals surface area contributed by atoms with Gasteiger partial charge in [0.15, 0.2) is 5.65 Å². The number of aromatic amines is 1. The first kappa shape index (κ1) is 11.9. The average molecular weight is 279 g/mol. The summed E-state index contributed by atoms with van der Waals surface area (Å²) in [7, 11) is 1.74. The van der Waals surface area contributed by atoms with Crippen molar-refractivity contribution >= 4 is 28.7 Å². The van der Waals surface area contributed by atoms with Crippen LogP contribution in [0.1, 0.15) is 0 Å². The monoisotopic (exact) mass is 279 g/mol. The number of nitrogens with one attached hydrogen (secondary N) is 1. The Morgan fingerprint density at radius 3 is 2.89 bits per heavy atom.